The summed E-state index contributed by atoms with van der Waals surface area (Å²) >= 11 is 0. The van der Waals surface area contributed by atoms with Crippen LogP contribution < -0.4 is 4.72 Å². The summed E-state index contributed by atoms with van der Waals surface area (Å²) in [5.74, 6) is -0.0140. The van der Waals surface area contributed by atoms with Crippen LogP contribution in [0, 0.1) is 0 Å². The lowest BCUT2D eigenvalue weighted by atomic mass is 10.1. The largest absolute Gasteiger partial charge is 0.299 e. The fourth-order valence-corrected chi connectivity index (χ4v) is 3.47. The molecule has 0 atom stereocenters. The molecular formula is C21H23N3O3S. The molecule has 28 heavy (non-hydrogen) atoms. The van der Waals surface area contributed by atoms with E-state index in [1.165, 1.54) is 0 Å². The van der Waals surface area contributed by atoms with Crippen LogP contribution in [0.1, 0.15) is 16.1 Å². The van der Waals surface area contributed by atoms with Gasteiger partial charge in [-0.25, -0.2) is 8.42 Å². The third kappa shape index (κ3) is 5.61. The van der Waals surface area contributed by atoms with Gasteiger partial charge in [0.05, 0.1) is 18.3 Å². The van der Waals surface area contributed by atoms with Gasteiger partial charge >= 0.3 is 0 Å². The lowest BCUT2D eigenvalue weighted by Gasteiger charge is -2.16. The highest BCUT2D eigenvalue weighted by Gasteiger charge is 2.11. The summed E-state index contributed by atoms with van der Waals surface area (Å²) in [5.41, 5.74) is 2.96. The van der Waals surface area contributed by atoms with E-state index in [0.717, 1.165) is 29.3 Å². The first-order chi connectivity index (χ1) is 13.3. The number of hydrogen-bond donors (Lipinski definition) is 1. The number of anilines is 1. The number of fused-ring (bicyclic) bond motifs is 1. The molecule has 0 aliphatic rings. The van der Waals surface area contributed by atoms with Crippen LogP contribution in [0.15, 0.2) is 60.7 Å². The summed E-state index contributed by atoms with van der Waals surface area (Å²) in [5, 5.41) is 1.11. The number of pyridine rings is 1. The Labute approximate surface area is 165 Å². The van der Waals surface area contributed by atoms with Crippen molar-refractivity contribution in [2.75, 3.05) is 31.1 Å². The Balaban J connectivity index is 1.54. The number of carbonyl (C=O) groups excluding carboxylic acids is 1. The molecule has 0 aliphatic carbocycles. The van der Waals surface area contributed by atoms with Gasteiger partial charge in [-0.2, -0.15) is 0 Å². The molecule has 7 heteroatoms. The Morgan fingerprint density at radius 3 is 2.46 bits per heavy atom. The molecule has 0 fully saturated rings. The van der Waals surface area contributed by atoms with Gasteiger partial charge in [0.2, 0.25) is 10.0 Å². The molecule has 0 aliphatic heterocycles. The topological polar surface area (TPSA) is 79.4 Å². The second-order valence-electron chi connectivity index (χ2n) is 6.86. The number of nitrogens with one attached hydrogen (secondary N) is 1. The monoisotopic (exact) mass is 397 g/mol. The quantitative estimate of drug-likeness (QED) is 0.591. The van der Waals surface area contributed by atoms with Crippen LogP contribution in [0.4, 0.5) is 5.69 Å². The van der Waals surface area contributed by atoms with Crippen molar-refractivity contribution in [2.24, 2.45) is 0 Å². The van der Waals surface area contributed by atoms with Crippen LogP contribution in [0.25, 0.3) is 10.9 Å². The van der Waals surface area contributed by atoms with Crippen molar-refractivity contribution < 1.29 is 13.2 Å². The highest BCUT2D eigenvalue weighted by molar-refractivity contribution is 7.92. The van der Waals surface area contributed by atoms with E-state index in [9.17, 15) is 13.2 Å². The summed E-state index contributed by atoms with van der Waals surface area (Å²) in [7, 11) is -1.42. The minimum Gasteiger partial charge on any atom is -0.299 e. The van der Waals surface area contributed by atoms with Gasteiger partial charge in [0.1, 0.15) is 0 Å². The van der Waals surface area contributed by atoms with Crippen molar-refractivity contribution in [1.29, 1.82) is 0 Å². The molecule has 0 amide bonds. The number of para-hydroxylation sites is 1. The number of rotatable bonds is 8. The molecule has 1 aromatic heterocycles. The van der Waals surface area contributed by atoms with E-state index < -0.39 is 10.0 Å². The van der Waals surface area contributed by atoms with Gasteiger partial charge in [-0.05, 0) is 43.4 Å². The van der Waals surface area contributed by atoms with Crippen molar-refractivity contribution in [1.82, 2.24) is 9.88 Å². The van der Waals surface area contributed by atoms with Crippen molar-refractivity contribution >= 4 is 32.4 Å². The van der Waals surface area contributed by atoms with Gasteiger partial charge in [-0.15, -0.1) is 0 Å². The number of Topliss-reactive ketones (excluding diaryl/α,β-unsaturated/α-hetero) is 1. The van der Waals surface area contributed by atoms with Crippen LogP contribution in [0.2, 0.25) is 0 Å². The molecule has 0 saturated heterocycles. The van der Waals surface area contributed by atoms with Gasteiger partial charge in [-0.1, -0.05) is 24.3 Å². The zero-order chi connectivity index (χ0) is 20.1. The lowest BCUT2D eigenvalue weighted by molar-refractivity contribution is 0.0946. The molecule has 0 spiro atoms. The fraction of sp³-hybridized carbons (Fsp3) is 0.238. The second-order valence-corrected chi connectivity index (χ2v) is 8.61. The molecule has 3 rings (SSSR count). The maximum atomic E-state index is 12.4. The highest BCUT2D eigenvalue weighted by Crippen LogP contribution is 2.13. The molecular weight excluding hydrogens is 374 g/mol. The maximum absolute atomic E-state index is 12.4. The fourth-order valence-electron chi connectivity index (χ4n) is 2.91. The molecule has 0 bridgehead atoms. The molecule has 3 aromatic rings. The van der Waals surface area contributed by atoms with E-state index in [-0.39, 0.29) is 12.3 Å². The molecule has 0 unspecified atom stereocenters. The zero-order valence-corrected chi connectivity index (χ0v) is 16.7. The van der Waals surface area contributed by atoms with E-state index in [1.54, 1.807) is 24.3 Å². The summed E-state index contributed by atoms with van der Waals surface area (Å²) in [6, 6.07) is 18.5. The molecule has 146 valence electrons. The predicted molar refractivity (Wildman–Crippen MR) is 112 cm³/mol. The van der Waals surface area contributed by atoms with Crippen molar-refractivity contribution in [2.45, 2.75) is 6.42 Å². The van der Waals surface area contributed by atoms with Crippen LogP contribution in [-0.4, -0.2) is 50.5 Å². The van der Waals surface area contributed by atoms with E-state index in [2.05, 4.69) is 15.8 Å². The number of ketones is 1. The standard InChI is InChI=1S/C21H23N3O3S/c1-24(14-13-18-10-7-16-5-3-4-6-20(16)22-18)15-21(25)17-8-11-19(12-9-17)23-28(2,26)27/h3-12,23H,13-15H2,1-2H3. The Morgan fingerprint density at radius 1 is 1.04 bits per heavy atom. The summed E-state index contributed by atoms with van der Waals surface area (Å²) in [6.45, 7) is 0.997. The van der Waals surface area contributed by atoms with Crippen molar-refractivity contribution in [3.63, 3.8) is 0 Å². The lowest BCUT2D eigenvalue weighted by Crippen LogP contribution is -2.28. The van der Waals surface area contributed by atoms with E-state index in [4.69, 9.17) is 0 Å². The Bertz CT molecular complexity index is 1080. The van der Waals surface area contributed by atoms with Crippen molar-refractivity contribution in [3.05, 3.63) is 71.9 Å². The first-order valence-corrected chi connectivity index (χ1v) is 10.8. The smallest absolute Gasteiger partial charge is 0.229 e. The second kappa shape index (κ2) is 8.50. The number of likely N-dealkylation sites (N-methyl/N-ethyl adjacent to an activating group) is 1. The first kappa shape index (κ1) is 20.0. The SMILES string of the molecule is CN(CCc1ccc2ccccc2n1)CC(=O)c1ccc(NS(C)(=O)=O)cc1. The van der Waals surface area contributed by atoms with Crippen LogP contribution in [0.3, 0.4) is 0 Å². The number of hydrogen-bond acceptors (Lipinski definition) is 5. The minimum absolute atomic E-state index is 0.0140. The van der Waals surface area contributed by atoms with Gasteiger partial charge in [0.15, 0.2) is 5.78 Å². The molecule has 1 heterocycles. The van der Waals surface area contributed by atoms with Crippen LogP contribution >= 0.6 is 0 Å². The Kier molecular flexibility index (Phi) is 6.06. The molecule has 0 radical (unpaired) electrons. The van der Waals surface area contributed by atoms with Crippen LogP contribution in [0.5, 0.6) is 0 Å². The minimum atomic E-state index is -3.33. The normalized spacial score (nSPS) is 11.7. The van der Waals surface area contributed by atoms with E-state index in [0.29, 0.717) is 17.8 Å². The first-order valence-electron chi connectivity index (χ1n) is 8.94. The third-order valence-corrected chi connectivity index (χ3v) is 4.94. The van der Waals surface area contributed by atoms with E-state index in [1.807, 2.05) is 42.3 Å². The molecule has 2 aromatic carbocycles. The van der Waals surface area contributed by atoms with Gasteiger partial charge in [0.25, 0.3) is 0 Å². The molecule has 1 N–H and O–H groups in total. The number of carbonyl (C=O) groups is 1. The third-order valence-electron chi connectivity index (χ3n) is 4.33. The number of nitrogens with zero attached hydrogens (tertiary/aromatic N) is 2. The van der Waals surface area contributed by atoms with Gasteiger partial charge in [-0.3, -0.25) is 19.4 Å². The average molecular weight is 398 g/mol. The van der Waals surface area contributed by atoms with Crippen LogP contribution in [-0.2, 0) is 16.4 Å². The molecule has 6 nitrogen and oxygen atoms in total. The average Bonchev–Trinajstić information content (AvgIpc) is 2.65. The van der Waals surface area contributed by atoms with Gasteiger partial charge < -0.3 is 0 Å². The summed E-state index contributed by atoms with van der Waals surface area (Å²) in [4.78, 5) is 19.1. The van der Waals surface area contributed by atoms with E-state index >= 15 is 0 Å². The maximum Gasteiger partial charge on any atom is 0.229 e. The summed E-state index contributed by atoms with van der Waals surface area (Å²) < 4.78 is 24.9. The number of benzene rings is 2. The Morgan fingerprint density at radius 2 is 1.75 bits per heavy atom. The number of aromatic nitrogens is 1. The highest BCUT2D eigenvalue weighted by atomic mass is 32.2. The summed E-state index contributed by atoms with van der Waals surface area (Å²) in [6.07, 6.45) is 1.84. The number of sulfonamides is 1. The van der Waals surface area contributed by atoms with Crippen molar-refractivity contribution in [3.8, 4) is 0 Å². The Hall–Kier alpha value is -2.77. The zero-order valence-electron chi connectivity index (χ0n) is 15.9. The molecule has 0 saturated carbocycles. The van der Waals surface area contributed by atoms with Gasteiger partial charge in [0, 0.05) is 35.3 Å². The predicted octanol–water partition coefficient (Wildman–Crippen LogP) is 2.96.